The van der Waals surface area contributed by atoms with Gasteiger partial charge in [0.15, 0.2) is 5.69 Å². The lowest BCUT2D eigenvalue weighted by Gasteiger charge is -2.31. The first-order valence-electron chi connectivity index (χ1n) is 6.86. The molecule has 1 aromatic heterocycles. The van der Waals surface area contributed by atoms with Crippen molar-refractivity contribution in [1.82, 2.24) is 25.3 Å². The predicted molar refractivity (Wildman–Crippen MR) is 71.1 cm³/mol. The number of nitrogens with two attached hydrogens (primary N) is 1. The number of likely N-dealkylation sites (N-methyl/N-ethyl adjacent to an activating group) is 1. The standard InChI is InChI=1S/C12H22N6O/c1-2-17(8-10-4-3-5-10)6-7-18-9-11(15-16-18)12(19)14-13/h9-10H,2-8,13H2,1H3,(H,14,19). The lowest BCUT2D eigenvalue weighted by Crippen LogP contribution is -2.34. The second-order valence-corrected chi connectivity index (χ2v) is 5.03. The number of amides is 1. The summed E-state index contributed by atoms with van der Waals surface area (Å²) < 4.78 is 1.69. The highest BCUT2D eigenvalue weighted by Crippen LogP contribution is 2.26. The number of nitrogen functional groups attached to an aromatic ring is 1. The molecule has 1 aliphatic carbocycles. The minimum atomic E-state index is -0.409. The molecule has 106 valence electrons. The monoisotopic (exact) mass is 266 g/mol. The molecular formula is C12H22N6O. The van der Waals surface area contributed by atoms with Crippen molar-refractivity contribution in [3.63, 3.8) is 0 Å². The van der Waals surface area contributed by atoms with E-state index in [4.69, 9.17) is 5.84 Å². The third kappa shape index (κ3) is 3.74. The second kappa shape index (κ2) is 6.63. The Morgan fingerprint density at radius 1 is 1.63 bits per heavy atom. The van der Waals surface area contributed by atoms with Crippen LogP contribution in [-0.4, -0.2) is 45.4 Å². The van der Waals surface area contributed by atoms with Crippen LogP contribution in [0, 0.1) is 5.92 Å². The summed E-state index contributed by atoms with van der Waals surface area (Å²) in [5.74, 6) is 5.51. The summed E-state index contributed by atoms with van der Waals surface area (Å²) in [6.07, 6.45) is 5.73. The summed E-state index contributed by atoms with van der Waals surface area (Å²) in [7, 11) is 0. The molecule has 1 aromatic rings. The van der Waals surface area contributed by atoms with Gasteiger partial charge >= 0.3 is 0 Å². The van der Waals surface area contributed by atoms with E-state index in [0.717, 1.165) is 25.6 Å². The van der Waals surface area contributed by atoms with Crippen molar-refractivity contribution >= 4 is 5.91 Å². The third-order valence-electron chi connectivity index (χ3n) is 3.74. The van der Waals surface area contributed by atoms with Gasteiger partial charge in [0.25, 0.3) is 5.91 Å². The van der Waals surface area contributed by atoms with Crippen molar-refractivity contribution in [1.29, 1.82) is 0 Å². The molecule has 0 atom stereocenters. The van der Waals surface area contributed by atoms with E-state index in [-0.39, 0.29) is 5.69 Å². The predicted octanol–water partition coefficient (Wildman–Crippen LogP) is 0.00360. The van der Waals surface area contributed by atoms with Gasteiger partial charge < -0.3 is 4.90 Å². The second-order valence-electron chi connectivity index (χ2n) is 5.03. The lowest BCUT2D eigenvalue weighted by atomic mass is 9.85. The van der Waals surface area contributed by atoms with Crippen LogP contribution in [-0.2, 0) is 6.54 Å². The Kier molecular flexibility index (Phi) is 4.86. The minimum absolute atomic E-state index is 0.254. The minimum Gasteiger partial charge on any atom is -0.301 e. The molecule has 1 amide bonds. The van der Waals surface area contributed by atoms with Crippen LogP contribution in [0.15, 0.2) is 6.20 Å². The van der Waals surface area contributed by atoms with Crippen LogP contribution < -0.4 is 11.3 Å². The zero-order valence-corrected chi connectivity index (χ0v) is 11.4. The first-order valence-corrected chi connectivity index (χ1v) is 6.86. The topological polar surface area (TPSA) is 89.1 Å². The van der Waals surface area contributed by atoms with Gasteiger partial charge in [-0.2, -0.15) is 0 Å². The summed E-state index contributed by atoms with van der Waals surface area (Å²) >= 11 is 0. The Labute approximate surface area is 113 Å². The van der Waals surface area contributed by atoms with Gasteiger partial charge in [-0.3, -0.25) is 14.9 Å². The lowest BCUT2D eigenvalue weighted by molar-refractivity contribution is 0.0948. The maximum absolute atomic E-state index is 11.3. The summed E-state index contributed by atoms with van der Waals surface area (Å²) in [6.45, 7) is 6.06. The van der Waals surface area contributed by atoms with Crippen LogP contribution in [0.5, 0.6) is 0 Å². The Morgan fingerprint density at radius 2 is 2.42 bits per heavy atom. The molecule has 0 aromatic carbocycles. The Bertz CT molecular complexity index is 414. The van der Waals surface area contributed by atoms with E-state index in [1.165, 1.54) is 25.8 Å². The zero-order chi connectivity index (χ0) is 13.7. The van der Waals surface area contributed by atoms with E-state index in [1.54, 1.807) is 10.9 Å². The molecule has 7 heteroatoms. The highest BCUT2D eigenvalue weighted by molar-refractivity contribution is 5.91. The number of hydrogen-bond donors (Lipinski definition) is 2. The van der Waals surface area contributed by atoms with E-state index in [2.05, 4.69) is 22.1 Å². The number of nitrogens with zero attached hydrogens (tertiary/aromatic N) is 4. The number of rotatable bonds is 7. The van der Waals surface area contributed by atoms with Gasteiger partial charge in [0.1, 0.15) is 0 Å². The highest BCUT2D eigenvalue weighted by atomic mass is 16.2. The van der Waals surface area contributed by atoms with Crippen LogP contribution in [0.3, 0.4) is 0 Å². The highest BCUT2D eigenvalue weighted by Gasteiger charge is 2.20. The molecule has 19 heavy (non-hydrogen) atoms. The molecule has 2 rings (SSSR count). The Balaban J connectivity index is 1.79. The summed E-state index contributed by atoms with van der Waals surface area (Å²) in [5.41, 5.74) is 2.30. The quantitative estimate of drug-likeness (QED) is 0.412. The number of carbonyl (C=O) groups is 1. The van der Waals surface area contributed by atoms with Crippen molar-refractivity contribution in [3.05, 3.63) is 11.9 Å². The fraction of sp³-hybridized carbons (Fsp3) is 0.750. The molecule has 1 heterocycles. The SMILES string of the molecule is CCN(CCn1cc(C(=O)NN)nn1)CC1CCC1. The van der Waals surface area contributed by atoms with Crippen LogP contribution in [0.1, 0.15) is 36.7 Å². The van der Waals surface area contributed by atoms with Crippen molar-refractivity contribution in [3.8, 4) is 0 Å². The number of aromatic nitrogens is 3. The fourth-order valence-corrected chi connectivity index (χ4v) is 2.25. The first kappa shape index (κ1) is 14.0. The van der Waals surface area contributed by atoms with Crippen LogP contribution in [0.4, 0.5) is 0 Å². The molecule has 0 unspecified atom stereocenters. The molecule has 1 fully saturated rings. The molecule has 0 radical (unpaired) electrons. The van der Waals surface area contributed by atoms with E-state index in [0.29, 0.717) is 0 Å². The molecule has 3 N–H and O–H groups in total. The van der Waals surface area contributed by atoms with Gasteiger partial charge in [-0.05, 0) is 25.3 Å². The molecule has 1 saturated carbocycles. The number of hydrazine groups is 1. The van der Waals surface area contributed by atoms with Crippen molar-refractivity contribution < 1.29 is 4.79 Å². The first-order chi connectivity index (χ1) is 9.22. The molecule has 0 bridgehead atoms. The average molecular weight is 266 g/mol. The molecule has 7 nitrogen and oxygen atoms in total. The molecule has 0 aliphatic heterocycles. The van der Waals surface area contributed by atoms with Gasteiger partial charge in [-0.1, -0.05) is 18.6 Å². The third-order valence-corrected chi connectivity index (χ3v) is 3.74. The summed E-state index contributed by atoms with van der Waals surface area (Å²) in [6, 6.07) is 0. The van der Waals surface area contributed by atoms with Crippen LogP contribution >= 0.6 is 0 Å². The van der Waals surface area contributed by atoms with Crippen molar-refractivity contribution in [2.24, 2.45) is 11.8 Å². The maximum Gasteiger partial charge on any atom is 0.287 e. The molecule has 1 aliphatic rings. The summed E-state index contributed by atoms with van der Waals surface area (Å²) in [5, 5.41) is 7.71. The number of hydrogen-bond acceptors (Lipinski definition) is 5. The molecule has 0 saturated heterocycles. The van der Waals surface area contributed by atoms with Crippen LogP contribution in [0.2, 0.25) is 0 Å². The van der Waals surface area contributed by atoms with E-state index in [9.17, 15) is 4.79 Å². The van der Waals surface area contributed by atoms with E-state index >= 15 is 0 Å². The smallest absolute Gasteiger partial charge is 0.287 e. The maximum atomic E-state index is 11.3. The van der Waals surface area contributed by atoms with E-state index in [1.807, 2.05) is 5.43 Å². The van der Waals surface area contributed by atoms with Crippen molar-refractivity contribution in [2.75, 3.05) is 19.6 Å². The van der Waals surface area contributed by atoms with E-state index < -0.39 is 5.91 Å². The normalized spacial score (nSPS) is 15.5. The number of nitrogens with one attached hydrogen (secondary N) is 1. The van der Waals surface area contributed by atoms with Crippen LogP contribution in [0.25, 0.3) is 0 Å². The zero-order valence-electron chi connectivity index (χ0n) is 11.4. The summed E-state index contributed by atoms with van der Waals surface area (Å²) in [4.78, 5) is 13.7. The van der Waals surface area contributed by atoms with Gasteiger partial charge in [-0.25, -0.2) is 5.84 Å². The fourth-order valence-electron chi connectivity index (χ4n) is 2.25. The molecule has 0 spiro atoms. The van der Waals surface area contributed by atoms with Crippen molar-refractivity contribution in [2.45, 2.75) is 32.7 Å². The van der Waals surface area contributed by atoms with Gasteiger partial charge in [0.2, 0.25) is 0 Å². The van der Waals surface area contributed by atoms with Gasteiger partial charge in [0, 0.05) is 13.1 Å². The average Bonchev–Trinajstić information content (AvgIpc) is 2.85. The Morgan fingerprint density at radius 3 is 3.00 bits per heavy atom. The largest absolute Gasteiger partial charge is 0.301 e. The Hall–Kier alpha value is -1.47. The van der Waals surface area contributed by atoms with Gasteiger partial charge in [-0.15, -0.1) is 5.10 Å². The number of carbonyl (C=O) groups excluding carboxylic acids is 1. The van der Waals surface area contributed by atoms with Gasteiger partial charge in [0.05, 0.1) is 12.7 Å². The molecular weight excluding hydrogens is 244 g/mol.